The summed E-state index contributed by atoms with van der Waals surface area (Å²) in [5.74, 6) is 0.0831. The molecule has 26 heavy (non-hydrogen) atoms. The van der Waals surface area contributed by atoms with E-state index in [0.29, 0.717) is 24.5 Å². The van der Waals surface area contributed by atoms with Crippen molar-refractivity contribution in [3.63, 3.8) is 0 Å². The molecule has 1 aromatic carbocycles. The van der Waals surface area contributed by atoms with Crippen molar-refractivity contribution in [3.8, 4) is 0 Å². The minimum absolute atomic E-state index is 0.0158. The quantitative estimate of drug-likeness (QED) is 0.837. The molecule has 1 fully saturated rings. The summed E-state index contributed by atoms with van der Waals surface area (Å²) in [7, 11) is 0. The number of hydrogen-bond acceptors (Lipinski definition) is 5. The molecule has 0 saturated carbocycles. The molecule has 7 heteroatoms. The predicted octanol–water partition coefficient (Wildman–Crippen LogP) is 3.80. The zero-order chi connectivity index (χ0) is 18.7. The van der Waals surface area contributed by atoms with Crippen molar-refractivity contribution >= 4 is 34.0 Å². The Morgan fingerprint density at radius 1 is 1.27 bits per heavy atom. The molecule has 2 aromatic rings. The van der Waals surface area contributed by atoms with Gasteiger partial charge in [-0.1, -0.05) is 30.7 Å². The minimum atomic E-state index is -0.0334. The summed E-state index contributed by atoms with van der Waals surface area (Å²) in [6, 6.07) is 6.17. The van der Waals surface area contributed by atoms with E-state index in [1.807, 2.05) is 30.9 Å². The Morgan fingerprint density at radius 2 is 2.00 bits per heavy atom. The van der Waals surface area contributed by atoms with Gasteiger partial charge in [-0.2, -0.15) is 0 Å². The third kappa shape index (κ3) is 4.27. The second-order valence-electron chi connectivity index (χ2n) is 6.85. The van der Waals surface area contributed by atoms with Gasteiger partial charge in [0.25, 0.3) is 0 Å². The Balaban J connectivity index is 1.68. The molecule has 1 aliphatic rings. The van der Waals surface area contributed by atoms with Crippen LogP contribution in [-0.4, -0.2) is 28.6 Å². The van der Waals surface area contributed by atoms with Crippen LogP contribution in [0.5, 0.6) is 0 Å². The van der Waals surface area contributed by atoms with Gasteiger partial charge in [0.1, 0.15) is 5.01 Å². The summed E-state index contributed by atoms with van der Waals surface area (Å²) >= 11 is 1.36. The molecule has 2 amide bonds. The molecule has 0 radical (unpaired) electrons. The van der Waals surface area contributed by atoms with Crippen molar-refractivity contribution in [1.82, 2.24) is 10.2 Å². The predicted molar refractivity (Wildman–Crippen MR) is 104 cm³/mol. The van der Waals surface area contributed by atoms with Crippen molar-refractivity contribution in [2.45, 2.75) is 52.4 Å². The molecule has 0 spiro atoms. The first-order chi connectivity index (χ1) is 12.5. The van der Waals surface area contributed by atoms with Gasteiger partial charge >= 0.3 is 0 Å². The van der Waals surface area contributed by atoms with Gasteiger partial charge in [-0.15, -0.1) is 10.2 Å². The van der Waals surface area contributed by atoms with E-state index < -0.39 is 0 Å². The van der Waals surface area contributed by atoms with Gasteiger partial charge in [-0.25, -0.2) is 0 Å². The van der Waals surface area contributed by atoms with E-state index in [-0.39, 0.29) is 17.7 Å². The molecule has 0 unspecified atom stereocenters. The van der Waals surface area contributed by atoms with E-state index in [2.05, 4.69) is 28.5 Å². The fraction of sp³-hybridized carbons (Fsp3) is 0.474. The lowest BCUT2D eigenvalue weighted by molar-refractivity contribution is -0.117. The van der Waals surface area contributed by atoms with E-state index in [1.54, 1.807) is 0 Å². The lowest BCUT2D eigenvalue weighted by Gasteiger charge is -2.17. The number of rotatable bonds is 6. The monoisotopic (exact) mass is 372 g/mol. The number of hydrogen-bond donors (Lipinski definition) is 1. The molecule has 1 aliphatic heterocycles. The van der Waals surface area contributed by atoms with Crippen LogP contribution in [0.15, 0.2) is 18.2 Å². The number of carbonyl (C=O) groups is 2. The van der Waals surface area contributed by atoms with E-state index in [0.717, 1.165) is 34.7 Å². The first-order valence-corrected chi connectivity index (χ1v) is 9.80. The fourth-order valence-corrected chi connectivity index (χ4v) is 4.05. The normalized spacial score (nSPS) is 17.0. The SMILES string of the molecule is CCCCC(=O)Nc1nnc([C@@H]2CC(=O)N(c3cc(C)cc(C)c3)C2)s1. The molecule has 2 heterocycles. The first kappa shape index (κ1) is 18.5. The van der Waals surface area contributed by atoms with E-state index >= 15 is 0 Å². The Kier molecular flexibility index (Phi) is 5.66. The van der Waals surface area contributed by atoms with Gasteiger partial charge in [0, 0.05) is 31.0 Å². The number of benzene rings is 1. The lowest BCUT2D eigenvalue weighted by atomic mass is 10.1. The number of unbranched alkanes of at least 4 members (excludes halogenated alkanes) is 1. The highest BCUT2D eigenvalue weighted by molar-refractivity contribution is 7.15. The molecule has 3 rings (SSSR count). The number of nitrogens with one attached hydrogen (secondary N) is 1. The van der Waals surface area contributed by atoms with Crippen molar-refractivity contribution < 1.29 is 9.59 Å². The molecule has 1 aromatic heterocycles. The number of nitrogens with zero attached hydrogens (tertiary/aromatic N) is 3. The Morgan fingerprint density at radius 3 is 2.69 bits per heavy atom. The summed E-state index contributed by atoms with van der Waals surface area (Å²) < 4.78 is 0. The van der Waals surface area contributed by atoms with Gasteiger partial charge in [0.05, 0.1) is 0 Å². The first-order valence-electron chi connectivity index (χ1n) is 8.98. The highest BCUT2D eigenvalue weighted by Gasteiger charge is 2.34. The van der Waals surface area contributed by atoms with E-state index in [4.69, 9.17) is 0 Å². The lowest BCUT2D eigenvalue weighted by Crippen LogP contribution is -2.24. The third-order valence-corrected chi connectivity index (χ3v) is 5.44. The van der Waals surface area contributed by atoms with Crippen molar-refractivity contribution in [2.75, 3.05) is 16.8 Å². The molecular weight excluding hydrogens is 348 g/mol. The molecule has 6 nitrogen and oxygen atoms in total. The summed E-state index contributed by atoms with van der Waals surface area (Å²) in [6.07, 6.45) is 2.76. The van der Waals surface area contributed by atoms with Crippen LogP contribution in [-0.2, 0) is 9.59 Å². The zero-order valence-corrected chi connectivity index (χ0v) is 16.2. The number of carbonyl (C=O) groups excluding carboxylic acids is 2. The molecule has 138 valence electrons. The molecule has 1 atom stereocenters. The average Bonchev–Trinajstić information content (AvgIpc) is 3.18. The number of anilines is 2. The standard InChI is InChI=1S/C19H24N4O2S/c1-4-5-6-16(24)20-19-22-21-18(26-19)14-10-17(25)23(11-14)15-8-12(2)7-13(3)9-15/h7-9,14H,4-6,10-11H2,1-3H3,(H,20,22,24)/t14-/m1/s1. The maximum absolute atomic E-state index is 12.5. The maximum Gasteiger partial charge on any atom is 0.227 e. The van der Waals surface area contributed by atoms with Crippen LogP contribution in [0.1, 0.15) is 54.7 Å². The Hall–Kier alpha value is -2.28. The summed E-state index contributed by atoms with van der Waals surface area (Å²) in [4.78, 5) is 26.1. The molecule has 1 saturated heterocycles. The van der Waals surface area contributed by atoms with Crippen molar-refractivity contribution in [2.24, 2.45) is 0 Å². The van der Waals surface area contributed by atoms with Crippen LogP contribution in [0.4, 0.5) is 10.8 Å². The second-order valence-corrected chi connectivity index (χ2v) is 7.86. The Labute approximate surface area is 157 Å². The van der Waals surface area contributed by atoms with Crippen LogP contribution in [0.25, 0.3) is 0 Å². The number of amides is 2. The topological polar surface area (TPSA) is 75.2 Å². The summed E-state index contributed by atoms with van der Waals surface area (Å²) in [5.41, 5.74) is 3.22. The minimum Gasteiger partial charge on any atom is -0.312 e. The van der Waals surface area contributed by atoms with Gasteiger partial charge in [-0.05, 0) is 43.5 Å². The van der Waals surface area contributed by atoms with Crippen LogP contribution in [0, 0.1) is 13.8 Å². The highest BCUT2D eigenvalue weighted by atomic mass is 32.1. The van der Waals surface area contributed by atoms with Crippen molar-refractivity contribution in [3.05, 3.63) is 34.3 Å². The second kappa shape index (κ2) is 7.95. The largest absolute Gasteiger partial charge is 0.312 e. The zero-order valence-electron chi connectivity index (χ0n) is 15.4. The van der Waals surface area contributed by atoms with E-state index in [1.165, 1.54) is 11.3 Å². The number of aryl methyl sites for hydroxylation is 2. The molecule has 0 bridgehead atoms. The maximum atomic E-state index is 12.5. The number of aromatic nitrogens is 2. The van der Waals surface area contributed by atoms with Crippen LogP contribution in [0.2, 0.25) is 0 Å². The highest BCUT2D eigenvalue weighted by Crippen LogP contribution is 2.34. The average molecular weight is 372 g/mol. The van der Waals surface area contributed by atoms with E-state index in [9.17, 15) is 9.59 Å². The molecular formula is C19H24N4O2S. The molecule has 0 aliphatic carbocycles. The molecule has 1 N–H and O–H groups in total. The van der Waals surface area contributed by atoms with Crippen LogP contribution < -0.4 is 10.2 Å². The smallest absolute Gasteiger partial charge is 0.227 e. The Bertz CT molecular complexity index is 797. The fourth-order valence-electron chi connectivity index (χ4n) is 3.20. The summed E-state index contributed by atoms with van der Waals surface area (Å²) in [5, 5.41) is 12.4. The van der Waals surface area contributed by atoms with Crippen LogP contribution >= 0.6 is 11.3 Å². The van der Waals surface area contributed by atoms with Gasteiger partial charge in [-0.3, -0.25) is 9.59 Å². The van der Waals surface area contributed by atoms with Gasteiger partial charge in [0.2, 0.25) is 16.9 Å². The van der Waals surface area contributed by atoms with Gasteiger partial charge in [0.15, 0.2) is 0 Å². The van der Waals surface area contributed by atoms with Crippen molar-refractivity contribution in [1.29, 1.82) is 0 Å². The summed E-state index contributed by atoms with van der Waals surface area (Å²) in [6.45, 7) is 6.72. The van der Waals surface area contributed by atoms with Gasteiger partial charge < -0.3 is 10.2 Å². The van der Waals surface area contributed by atoms with Crippen LogP contribution in [0.3, 0.4) is 0 Å². The third-order valence-electron chi connectivity index (χ3n) is 4.44.